The second-order valence-electron chi connectivity index (χ2n) is 5.02. The molecule has 0 aliphatic heterocycles. The van der Waals surface area contributed by atoms with Gasteiger partial charge in [0, 0.05) is 23.7 Å². The molecule has 2 rings (SSSR count). The van der Waals surface area contributed by atoms with Gasteiger partial charge in [-0.25, -0.2) is 0 Å². The molecule has 0 saturated heterocycles. The highest BCUT2D eigenvalue weighted by molar-refractivity contribution is 6.31. The fraction of sp³-hybridized carbons (Fsp3) is 0.294. The molecular weight excluding hydrogens is 270 g/mol. The van der Waals surface area contributed by atoms with Crippen molar-refractivity contribution < 1.29 is 4.74 Å². The highest BCUT2D eigenvalue weighted by Gasteiger charge is 2.07. The largest absolute Gasteiger partial charge is 0.496 e. The molecule has 20 heavy (non-hydrogen) atoms. The lowest BCUT2D eigenvalue weighted by Gasteiger charge is -2.12. The Morgan fingerprint density at radius 3 is 2.40 bits per heavy atom. The Bertz CT molecular complexity index is 575. The maximum atomic E-state index is 6.22. The summed E-state index contributed by atoms with van der Waals surface area (Å²) in [5.74, 6) is 0.824. The normalized spacial score (nSPS) is 10.6. The van der Waals surface area contributed by atoms with Crippen LogP contribution in [-0.4, -0.2) is 7.11 Å². The van der Waals surface area contributed by atoms with Crippen molar-refractivity contribution in [2.75, 3.05) is 7.11 Å². The number of ether oxygens (including phenoxy) is 1. The molecule has 0 bridgehead atoms. The van der Waals surface area contributed by atoms with E-state index in [4.69, 9.17) is 16.3 Å². The lowest BCUT2D eigenvalue weighted by atomic mass is 10.1. The van der Waals surface area contributed by atoms with E-state index in [9.17, 15) is 0 Å². The number of hydrogen-bond acceptors (Lipinski definition) is 2. The van der Waals surface area contributed by atoms with Crippen LogP contribution < -0.4 is 10.1 Å². The maximum absolute atomic E-state index is 6.22. The molecule has 2 aromatic rings. The van der Waals surface area contributed by atoms with Crippen molar-refractivity contribution in [1.29, 1.82) is 0 Å². The second kappa shape index (κ2) is 6.78. The summed E-state index contributed by atoms with van der Waals surface area (Å²) in [6.07, 6.45) is 0. The van der Waals surface area contributed by atoms with E-state index in [1.807, 2.05) is 18.2 Å². The topological polar surface area (TPSA) is 21.3 Å². The van der Waals surface area contributed by atoms with Gasteiger partial charge in [-0.1, -0.05) is 47.0 Å². The Morgan fingerprint density at radius 2 is 1.75 bits per heavy atom. The molecule has 0 aliphatic rings. The van der Waals surface area contributed by atoms with E-state index < -0.39 is 0 Å². The third kappa shape index (κ3) is 3.75. The van der Waals surface area contributed by atoms with Gasteiger partial charge >= 0.3 is 0 Å². The first-order valence-electron chi connectivity index (χ1n) is 6.69. The fourth-order valence-corrected chi connectivity index (χ4v) is 2.64. The average molecular weight is 290 g/mol. The van der Waals surface area contributed by atoms with Crippen LogP contribution in [-0.2, 0) is 13.1 Å². The Balaban J connectivity index is 2.03. The Hall–Kier alpha value is -1.51. The zero-order chi connectivity index (χ0) is 14.5. The summed E-state index contributed by atoms with van der Waals surface area (Å²) in [5, 5.41) is 4.16. The van der Waals surface area contributed by atoms with Crippen LogP contribution >= 0.6 is 11.6 Å². The first kappa shape index (κ1) is 14.9. The molecule has 0 fully saturated rings. The minimum Gasteiger partial charge on any atom is -0.496 e. The van der Waals surface area contributed by atoms with Crippen LogP contribution in [0.4, 0.5) is 0 Å². The number of benzene rings is 2. The van der Waals surface area contributed by atoms with Crippen LogP contribution in [0.5, 0.6) is 5.75 Å². The first-order chi connectivity index (χ1) is 9.60. The Labute approximate surface area is 125 Å². The lowest BCUT2D eigenvalue weighted by Crippen LogP contribution is -2.14. The summed E-state index contributed by atoms with van der Waals surface area (Å²) in [7, 11) is 1.67. The molecular formula is C17H20ClNO. The SMILES string of the molecule is COc1cccc(Cl)c1CNCc1cc(C)cc(C)c1. The predicted octanol–water partition coefficient (Wildman–Crippen LogP) is 4.26. The van der Waals surface area contributed by atoms with Gasteiger partial charge in [-0.15, -0.1) is 0 Å². The molecule has 0 atom stereocenters. The minimum absolute atomic E-state index is 0.690. The molecule has 0 spiro atoms. The molecule has 106 valence electrons. The summed E-state index contributed by atoms with van der Waals surface area (Å²) < 4.78 is 5.34. The summed E-state index contributed by atoms with van der Waals surface area (Å²) in [5.41, 5.74) is 4.86. The molecule has 1 N–H and O–H groups in total. The third-order valence-electron chi connectivity index (χ3n) is 3.21. The Kier molecular flexibility index (Phi) is 5.05. The molecule has 0 saturated carbocycles. The van der Waals surface area contributed by atoms with E-state index in [0.717, 1.165) is 22.9 Å². The van der Waals surface area contributed by atoms with Gasteiger partial charge < -0.3 is 10.1 Å². The fourth-order valence-electron chi connectivity index (χ4n) is 2.40. The van der Waals surface area contributed by atoms with E-state index in [-0.39, 0.29) is 0 Å². The maximum Gasteiger partial charge on any atom is 0.124 e. The molecule has 0 aromatic heterocycles. The van der Waals surface area contributed by atoms with Crippen molar-refractivity contribution in [2.45, 2.75) is 26.9 Å². The highest BCUT2D eigenvalue weighted by atomic mass is 35.5. The van der Waals surface area contributed by atoms with Crippen molar-refractivity contribution in [3.8, 4) is 5.75 Å². The van der Waals surface area contributed by atoms with Gasteiger partial charge in [-0.05, 0) is 31.5 Å². The average Bonchev–Trinajstić information content (AvgIpc) is 2.39. The number of halogens is 1. The zero-order valence-electron chi connectivity index (χ0n) is 12.2. The lowest BCUT2D eigenvalue weighted by molar-refractivity contribution is 0.407. The molecule has 0 heterocycles. The minimum atomic E-state index is 0.690. The van der Waals surface area contributed by atoms with Crippen molar-refractivity contribution in [3.63, 3.8) is 0 Å². The predicted molar refractivity (Wildman–Crippen MR) is 84.5 cm³/mol. The number of nitrogens with one attached hydrogen (secondary N) is 1. The first-order valence-corrected chi connectivity index (χ1v) is 7.07. The van der Waals surface area contributed by atoms with E-state index in [1.54, 1.807) is 7.11 Å². The van der Waals surface area contributed by atoms with Crippen molar-refractivity contribution in [3.05, 3.63) is 63.7 Å². The van der Waals surface area contributed by atoms with Gasteiger partial charge in [0.15, 0.2) is 0 Å². The van der Waals surface area contributed by atoms with E-state index >= 15 is 0 Å². The van der Waals surface area contributed by atoms with Crippen LogP contribution in [0.3, 0.4) is 0 Å². The van der Waals surface area contributed by atoms with Crippen LogP contribution in [0, 0.1) is 13.8 Å². The molecule has 0 aliphatic carbocycles. The standard InChI is InChI=1S/C17H20ClNO/c1-12-7-13(2)9-14(8-12)10-19-11-15-16(18)5-4-6-17(15)20-3/h4-9,19H,10-11H2,1-3H3. The van der Waals surface area contributed by atoms with Gasteiger partial charge in [-0.2, -0.15) is 0 Å². The summed E-state index contributed by atoms with van der Waals surface area (Å²) in [6, 6.07) is 12.3. The van der Waals surface area contributed by atoms with Crippen LogP contribution in [0.15, 0.2) is 36.4 Å². The molecule has 2 nitrogen and oxygen atoms in total. The number of rotatable bonds is 5. The molecule has 3 heteroatoms. The van der Waals surface area contributed by atoms with Gasteiger partial charge in [0.2, 0.25) is 0 Å². The molecule has 0 radical (unpaired) electrons. The second-order valence-corrected chi connectivity index (χ2v) is 5.43. The molecule has 0 amide bonds. The van der Waals surface area contributed by atoms with Gasteiger partial charge in [0.1, 0.15) is 5.75 Å². The van der Waals surface area contributed by atoms with Crippen molar-refractivity contribution in [2.24, 2.45) is 0 Å². The van der Waals surface area contributed by atoms with Gasteiger partial charge in [-0.3, -0.25) is 0 Å². The van der Waals surface area contributed by atoms with Crippen LogP contribution in [0.2, 0.25) is 5.02 Å². The Morgan fingerprint density at radius 1 is 1.05 bits per heavy atom. The summed E-state index contributed by atoms with van der Waals surface area (Å²) in [6.45, 7) is 5.74. The van der Waals surface area contributed by atoms with Crippen molar-refractivity contribution in [1.82, 2.24) is 5.32 Å². The monoisotopic (exact) mass is 289 g/mol. The smallest absolute Gasteiger partial charge is 0.124 e. The zero-order valence-corrected chi connectivity index (χ0v) is 12.9. The quantitative estimate of drug-likeness (QED) is 0.888. The van der Waals surface area contributed by atoms with E-state index in [2.05, 4.69) is 37.4 Å². The molecule has 2 aromatic carbocycles. The van der Waals surface area contributed by atoms with Gasteiger partial charge in [0.05, 0.1) is 7.11 Å². The summed E-state index contributed by atoms with van der Waals surface area (Å²) in [4.78, 5) is 0. The van der Waals surface area contributed by atoms with Crippen LogP contribution in [0.1, 0.15) is 22.3 Å². The number of methoxy groups -OCH3 is 1. The number of hydrogen-bond donors (Lipinski definition) is 1. The van der Waals surface area contributed by atoms with E-state index in [1.165, 1.54) is 16.7 Å². The summed E-state index contributed by atoms with van der Waals surface area (Å²) >= 11 is 6.22. The van der Waals surface area contributed by atoms with Crippen molar-refractivity contribution >= 4 is 11.6 Å². The van der Waals surface area contributed by atoms with E-state index in [0.29, 0.717) is 6.54 Å². The number of aryl methyl sites for hydroxylation is 2. The third-order valence-corrected chi connectivity index (χ3v) is 3.56. The van der Waals surface area contributed by atoms with Gasteiger partial charge in [0.25, 0.3) is 0 Å². The molecule has 0 unspecified atom stereocenters. The highest BCUT2D eigenvalue weighted by Crippen LogP contribution is 2.25. The van der Waals surface area contributed by atoms with Crippen LogP contribution in [0.25, 0.3) is 0 Å².